The minimum atomic E-state index is -0.385. The number of hydrogen-bond acceptors (Lipinski definition) is 4. The van der Waals surface area contributed by atoms with E-state index in [1.165, 1.54) is 6.07 Å². The van der Waals surface area contributed by atoms with Crippen LogP contribution in [0.5, 0.6) is 0 Å². The van der Waals surface area contributed by atoms with Crippen LogP contribution in [0.3, 0.4) is 0 Å². The van der Waals surface area contributed by atoms with Crippen LogP contribution in [0.1, 0.15) is 11.3 Å². The summed E-state index contributed by atoms with van der Waals surface area (Å²) in [4.78, 5) is 14.7. The minimum absolute atomic E-state index is 0. The maximum Gasteiger partial charge on any atom is 0.274 e. The highest BCUT2D eigenvalue weighted by atomic mass is 127. The Hall–Kier alpha value is -2.10. The summed E-state index contributed by atoms with van der Waals surface area (Å²) in [6.45, 7) is 0.988. The molecule has 0 unspecified atom stereocenters. The lowest BCUT2D eigenvalue weighted by molar-refractivity contribution is -0.385. The van der Waals surface area contributed by atoms with Gasteiger partial charge in [0, 0.05) is 38.2 Å². The lowest BCUT2D eigenvalue weighted by Crippen LogP contribution is -2.37. The number of guanidine groups is 1. The molecule has 1 aromatic carbocycles. The smallest absolute Gasteiger partial charge is 0.274 e. The fraction of sp³-hybridized carbons (Fsp3) is 0.267. The molecule has 0 atom stereocenters. The van der Waals surface area contributed by atoms with Gasteiger partial charge in [-0.05, 0) is 12.1 Å². The van der Waals surface area contributed by atoms with Crippen LogP contribution in [0.2, 0.25) is 0 Å². The summed E-state index contributed by atoms with van der Waals surface area (Å²) >= 11 is 0. The molecule has 2 N–H and O–H groups in total. The fourth-order valence-electron chi connectivity index (χ4n) is 2.00. The van der Waals surface area contributed by atoms with Gasteiger partial charge in [-0.2, -0.15) is 0 Å². The second kappa shape index (κ2) is 9.82. The lowest BCUT2D eigenvalue weighted by atomic mass is 10.2. The van der Waals surface area contributed by atoms with E-state index in [4.69, 9.17) is 4.42 Å². The summed E-state index contributed by atoms with van der Waals surface area (Å²) in [6.07, 6.45) is 2.37. The number of halogens is 1. The van der Waals surface area contributed by atoms with Gasteiger partial charge in [0.05, 0.1) is 11.2 Å². The van der Waals surface area contributed by atoms with Gasteiger partial charge < -0.3 is 15.1 Å². The number of nitrogens with zero attached hydrogens (tertiary/aromatic N) is 2. The highest BCUT2D eigenvalue weighted by Gasteiger charge is 2.12. The largest absolute Gasteiger partial charge is 0.469 e. The molecule has 2 aromatic rings. The van der Waals surface area contributed by atoms with E-state index in [-0.39, 0.29) is 34.6 Å². The van der Waals surface area contributed by atoms with Crippen LogP contribution in [-0.4, -0.2) is 24.5 Å². The van der Waals surface area contributed by atoms with Crippen molar-refractivity contribution in [3.63, 3.8) is 0 Å². The monoisotopic (exact) mass is 430 g/mol. The fourth-order valence-corrected chi connectivity index (χ4v) is 2.00. The summed E-state index contributed by atoms with van der Waals surface area (Å²) in [7, 11) is 1.65. The molecule has 0 aliphatic heterocycles. The normalized spacial score (nSPS) is 10.7. The van der Waals surface area contributed by atoms with Crippen LogP contribution in [0, 0.1) is 10.1 Å². The van der Waals surface area contributed by atoms with Gasteiger partial charge in [0.25, 0.3) is 5.69 Å². The predicted molar refractivity (Wildman–Crippen MR) is 99.1 cm³/mol. The summed E-state index contributed by atoms with van der Waals surface area (Å²) < 4.78 is 5.25. The molecule has 8 heteroatoms. The molecule has 2 rings (SSSR count). The van der Waals surface area contributed by atoms with Crippen molar-refractivity contribution in [2.24, 2.45) is 4.99 Å². The van der Waals surface area contributed by atoms with Gasteiger partial charge in [0.15, 0.2) is 5.96 Å². The molecule has 1 heterocycles. The number of furan rings is 1. The van der Waals surface area contributed by atoms with Gasteiger partial charge in [-0.25, -0.2) is 0 Å². The molecule has 0 aliphatic carbocycles. The molecule has 0 amide bonds. The van der Waals surface area contributed by atoms with E-state index >= 15 is 0 Å². The SMILES string of the molecule is CN=C(NCCc1ccco1)NCc1ccccc1[N+](=O)[O-].I. The molecule has 124 valence electrons. The van der Waals surface area contributed by atoms with Gasteiger partial charge in [-0.1, -0.05) is 18.2 Å². The Labute approximate surface area is 151 Å². The molecule has 0 aliphatic rings. The van der Waals surface area contributed by atoms with Crippen LogP contribution >= 0.6 is 24.0 Å². The number of aliphatic imine (C=N–C) groups is 1. The Kier molecular flexibility index (Phi) is 8.09. The van der Waals surface area contributed by atoms with E-state index in [9.17, 15) is 10.1 Å². The van der Waals surface area contributed by atoms with Crippen molar-refractivity contribution in [1.29, 1.82) is 0 Å². The van der Waals surface area contributed by atoms with E-state index in [0.717, 1.165) is 12.2 Å². The lowest BCUT2D eigenvalue weighted by Gasteiger charge is -2.11. The first kappa shape index (κ1) is 18.9. The second-order valence-corrected chi connectivity index (χ2v) is 4.57. The summed E-state index contributed by atoms with van der Waals surface area (Å²) in [5, 5.41) is 17.2. The van der Waals surface area contributed by atoms with Crippen molar-refractivity contribution < 1.29 is 9.34 Å². The Bertz CT molecular complexity index is 644. The Balaban J connectivity index is 0.00000264. The first-order valence-corrected chi connectivity index (χ1v) is 6.90. The van der Waals surface area contributed by atoms with Crippen molar-refractivity contribution in [2.45, 2.75) is 13.0 Å². The first-order chi connectivity index (χ1) is 10.7. The maximum absolute atomic E-state index is 11.0. The molecule has 7 nitrogen and oxygen atoms in total. The van der Waals surface area contributed by atoms with Gasteiger partial charge in [-0.3, -0.25) is 15.1 Å². The van der Waals surface area contributed by atoms with Crippen molar-refractivity contribution in [3.05, 3.63) is 64.1 Å². The molecule has 0 bridgehead atoms. The van der Waals surface area contributed by atoms with E-state index in [1.807, 2.05) is 12.1 Å². The van der Waals surface area contributed by atoms with Crippen LogP contribution < -0.4 is 10.6 Å². The average Bonchev–Trinajstić information content (AvgIpc) is 3.04. The topological polar surface area (TPSA) is 92.7 Å². The zero-order valence-corrected chi connectivity index (χ0v) is 15.0. The van der Waals surface area contributed by atoms with Crippen LogP contribution in [0.25, 0.3) is 0 Å². The number of rotatable bonds is 6. The summed E-state index contributed by atoms with van der Waals surface area (Å²) in [6, 6.07) is 10.4. The molecular weight excluding hydrogens is 411 g/mol. The number of nitro groups is 1. The molecule has 0 saturated heterocycles. The Morgan fingerprint density at radius 1 is 1.26 bits per heavy atom. The van der Waals surface area contributed by atoms with Gasteiger partial charge in [-0.15, -0.1) is 24.0 Å². The third kappa shape index (κ3) is 5.89. The Morgan fingerprint density at radius 3 is 2.70 bits per heavy atom. The molecule has 23 heavy (non-hydrogen) atoms. The van der Waals surface area contributed by atoms with E-state index in [2.05, 4.69) is 15.6 Å². The van der Waals surface area contributed by atoms with Crippen molar-refractivity contribution >= 4 is 35.6 Å². The third-order valence-corrected chi connectivity index (χ3v) is 3.10. The van der Waals surface area contributed by atoms with Crippen molar-refractivity contribution in [1.82, 2.24) is 10.6 Å². The molecular formula is C15H19IN4O3. The molecule has 1 aromatic heterocycles. The molecule has 0 radical (unpaired) electrons. The average molecular weight is 430 g/mol. The van der Waals surface area contributed by atoms with Crippen molar-refractivity contribution in [2.75, 3.05) is 13.6 Å². The standard InChI is InChI=1S/C15H18N4O3.HI/c1-16-15(17-9-8-13-6-4-10-22-13)18-11-12-5-2-3-7-14(12)19(20)21;/h2-7,10H,8-9,11H2,1H3,(H2,16,17,18);1H. The van der Waals surface area contributed by atoms with Gasteiger partial charge >= 0.3 is 0 Å². The zero-order chi connectivity index (χ0) is 15.8. The van der Waals surface area contributed by atoms with E-state index in [0.29, 0.717) is 24.6 Å². The zero-order valence-electron chi connectivity index (χ0n) is 12.7. The highest BCUT2D eigenvalue weighted by molar-refractivity contribution is 14.0. The number of hydrogen-bond donors (Lipinski definition) is 2. The highest BCUT2D eigenvalue weighted by Crippen LogP contribution is 2.16. The predicted octanol–water partition coefficient (Wildman–Crippen LogP) is 2.71. The van der Waals surface area contributed by atoms with E-state index in [1.54, 1.807) is 31.5 Å². The molecule has 0 fully saturated rings. The minimum Gasteiger partial charge on any atom is -0.469 e. The maximum atomic E-state index is 11.0. The number of nitrogens with one attached hydrogen (secondary N) is 2. The van der Waals surface area contributed by atoms with Crippen LogP contribution in [-0.2, 0) is 13.0 Å². The number of para-hydroxylation sites is 1. The van der Waals surface area contributed by atoms with Gasteiger partial charge in [0.2, 0.25) is 0 Å². The summed E-state index contributed by atoms with van der Waals surface area (Å²) in [5.74, 6) is 1.48. The van der Waals surface area contributed by atoms with Crippen LogP contribution in [0.4, 0.5) is 5.69 Å². The number of benzene rings is 1. The quantitative estimate of drug-likeness (QED) is 0.242. The second-order valence-electron chi connectivity index (χ2n) is 4.57. The summed E-state index contributed by atoms with van der Waals surface area (Å²) in [5.41, 5.74) is 0.711. The molecule has 0 saturated carbocycles. The van der Waals surface area contributed by atoms with Crippen molar-refractivity contribution in [3.8, 4) is 0 Å². The number of nitro benzene ring substituents is 1. The van der Waals surface area contributed by atoms with E-state index < -0.39 is 0 Å². The third-order valence-electron chi connectivity index (χ3n) is 3.10. The Morgan fingerprint density at radius 2 is 2.04 bits per heavy atom. The van der Waals surface area contributed by atoms with Crippen LogP contribution in [0.15, 0.2) is 52.1 Å². The van der Waals surface area contributed by atoms with Gasteiger partial charge in [0.1, 0.15) is 5.76 Å². The first-order valence-electron chi connectivity index (χ1n) is 6.90. The molecule has 0 spiro atoms.